The van der Waals surface area contributed by atoms with Crippen molar-refractivity contribution in [1.82, 2.24) is 4.90 Å². The van der Waals surface area contributed by atoms with Crippen LogP contribution in [0.3, 0.4) is 0 Å². The van der Waals surface area contributed by atoms with Crippen molar-refractivity contribution in [2.75, 3.05) is 13.1 Å². The summed E-state index contributed by atoms with van der Waals surface area (Å²) < 4.78 is 0. The van der Waals surface area contributed by atoms with Crippen LogP contribution in [-0.2, 0) is 0 Å². The van der Waals surface area contributed by atoms with Crippen LogP contribution >= 0.6 is 0 Å². The van der Waals surface area contributed by atoms with Gasteiger partial charge in [-0.25, -0.2) is 0 Å². The van der Waals surface area contributed by atoms with Crippen molar-refractivity contribution in [3.05, 3.63) is 0 Å². The van der Waals surface area contributed by atoms with Gasteiger partial charge >= 0.3 is 0 Å². The van der Waals surface area contributed by atoms with Gasteiger partial charge in [0.1, 0.15) is 0 Å². The highest BCUT2D eigenvalue weighted by Crippen LogP contribution is 2.30. The molecule has 1 atom stereocenters. The first kappa shape index (κ1) is 16.0. The van der Waals surface area contributed by atoms with E-state index in [0.29, 0.717) is 5.41 Å². The first-order chi connectivity index (χ1) is 8.55. The van der Waals surface area contributed by atoms with Crippen molar-refractivity contribution < 1.29 is 0 Å². The number of unbranched alkanes of at least 4 members (excludes halogenated alkanes) is 4. The first-order valence-electron chi connectivity index (χ1n) is 8.29. The Morgan fingerprint density at radius 3 is 2.06 bits per heavy atom. The SMILES string of the molecule is CCCCCCCC(N1CCCCC1)C(C)(C)C. The van der Waals surface area contributed by atoms with Gasteiger partial charge in [0.05, 0.1) is 0 Å². The van der Waals surface area contributed by atoms with Crippen molar-refractivity contribution >= 4 is 0 Å². The van der Waals surface area contributed by atoms with Crippen LogP contribution in [-0.4, -0.2) is 24.0 Å². The quantitative estimate of drug-likeness (QED) is 0.560. The zero-order valence-corrected chi connectivity index (χ0v) is 13.3. The molecule has 1 nitrogen and oxygen atoms in total. The van der Waals surface area contributed by atoms with Gasteiger partial charge in [-0.05, 0) is 37.8 Å². The highest BCUT2D eigenvalue weighted by molar-refractivity contribution is 4.84. The molecule has 0 amide bonds. The molecule has 1 unspecified atom stereocenters. The third-order valence-corrected chi connectivity index (χ3v) is 4.41. The summed E-state index contributed by atoms with van der Waals surface area (Å²) in [4.78, 5) is 2.78. The van der Waals surface area contributed by atoms with Gasteiger partial charge in [0.25, 0.3) is 0 Å². The summed E-state index contributed by atoms with van der Waals surface area (Å²) >= 11 is 0. The average molecular weight is 253 g/mol. The van der Waals surface area contributed by atoms with Crippen LogP contribution < -0.4 is 0 Å². The molecule has 1 aliphatic heterocycles. The van der Waals surface area contributed by atoms with E-state index in [4.69, 9.17) is 0 Å². The van der Waals surface area contributed by atoms with E-state index in [9.17, 15) is 0 Å². The van der Waals surface area contributed by atoms with Crippen LogP contribution in [0.1, 0.15) is 85.5 Å². The number of piperidine rings is 1. The molecule has 0 saturated carbocycles. The largest absolute Gasteiger partial charge is 0.300 e. The van der Waals surface area contributed by atoms with Crippen LogP contribution in [0.15, 0.2) is 0 Å². The zero-order valence-electron chi connectivity index (χ0n) is 13.3. The van der Waals surface area contributed by atoms with Crippen molar-refractivity contribution in [2.45, 2.75) is 91.5 Å². The van der Waals surface area contributed by atoms with E-state index in [1.165, 1.54) is 70.9 Å². The Labute approximate surface area is 115 Å². The molecule has 1 aliphatic rings. The lowest BCUT2D eigenvalue weighted by atomic mass is 9.81. The van der Waals surface area contributed by atoms with Crippen LogP contribution in [0.25, 0.3) is 0 Å². The monoisotopic (exact) mass is 253 g/mol. The first-order valence-corrected chi connectivity index (χ1v) is 8.29. The van der Waals surface area contributed by atoms with E-state index >= 15 is 0 Å². The molecule has 0 aromatic rings. The summed E-state index contributed by atoms with van der Waals surface area (Å²) in [7, 11) is 0. The van der Waals surface area contributed by atoms with Crippen LogP contribution in [0.5, 0.6) is 0 Å². The van der Waals surface area contributed by atoms with Gasteiger partial charge in [-0.15, -0.1) is 0 Å². The molecular weight excluding hydrogens is 218 g/mol. The Hall–Kier alpha value is -0.0400. The van der Waals surface area contributed by atoms with Gasteiger partial charge in [-0.2, -0.15) is 0 Å². The minimum atomic E-state index is 0.447. The molecule has 0 spiro atoms. The Bertz CT molecular complexity index is 198. The van der Waals surface area contributed by atoms with E-state index in [0.717, 1.165) is 6.04 Å². The zero-order chi connectivity index (χ0) is 13.4. The Morgan fingerprint density at radius 2 is 1.50 bits per heavy atom. The predicted molar refractivity (Wildman–Crippen MR) is 82.0 cm³/mol. The molecule has 18 heavy (non-hydrogen) atoms. The summed E-state index contributed by atoms with van der Waals surface area (Å²) in [5, 5.41) is 0. The number of rotatable bonds is 7. The maximum Gasteiger partial charge on any atom is 0.0144 e. The molecule has 0 radical (unpaired) electrons. The van der Waals surface area contributed by atoms with Crippen molar-refractivity contribution in [1.29, 1.82) is 0 Å². The summed E-state index contributed by atoms with van der Waals surface area (Å²) in [6.07, 6.45) is 12.8. The molecule has 1 saturated heterocycles. The van der Waals surface area contributed by atoms with Gasteiger partial charge in [-0.1, -0.05) is 66.2 Å². The van der Waals surface area contributed by atoms with E-state index < -0.39 is 0 Å². The fourth-order valence-corrected chi connectivity index (χ4v) is 3.33. The fourth-order valence-electron chi connectivity index (χ4n) is 3.33. The second-order valence-electron chi connectivity index (χ2n) is 7.18. The third-order valence-electron chi connectivity index (χ3n) is 4.41. The predicted octanol–water partition coefficient (Wildman–Crippen LogP) is 5.25. The van der Waals surface area contributed by atoms with Crippen LogP contribution in [0.2, 0.25) is 0 Å². The molecule has 1 fully saturated rings. The Morgan fingerprint density at radius 1 is 0.889 bits per heavy atom. The topological polar surface area (TPSA) is 3.24 Å². The maximum absolute atomic E-state index is 2.78. The van der Waals surface area contributed by atoms with Crippen LogP contribution in [0.4, 0.5) is 0 Å². The van der Waals surface area contributed by atoms with Gasteiger partial charge in [-0.3, -0.25) is 4.90 Å². The molecule has 1 heteroatoms. The van der Waals surface area contributed by atoms with E-state index in [1.807, 2.05) is 0 Å². The lowest BCUT2D eigenvalue weighted by Gasteiger charge is -2.42. The molecule has 0 N–H and O–H groups in total. The van der Waals surface area contributed by atoms with Crippen molar-refractivity contribution in [3.63, 3.8) is 0 Å². The molecule has 1 heterocycles. The standard InChI is InChI=1S/C17H35N/c1-5-6-7-8-10-13-16(17(2,3)4)18-14-11-9-12-15-18/h16H,5-15H2,1-4H3. The van der Waals surface area contributed by atoms with E-state index in [1.54, 1.807) is 0 Å². The molecule has 0 aromatic carbocycles. The van der Waals surface area contributed by atoms with Crippen LogP contribution in [0, 0.1) is 5.41 Å². The molecule has 0 aliphatic carbocycles. The Balaban J connectivity index is 2.36. The second-order valence-corrected chi connectivity index (χ2v) is 7.18. The highest BCUT2D eigenvalue weighted by Gasteiger charge is 2.30. The molecule has 108 valence electrons. The fraction of sp³-hybridized carbons (Fsp3) is 1.00. The number of hydrogen-bond acceptors (Lipinski definition) is 1. The molecule has 1 rings (SSSR count). The molecular formula is C17H35N. The smallest absolute Gasteiger partial charge is 0.0144 e. The minimum absolute atomic E-state index is 0.447. The number of hydrogen-bond donors (Lipinski definition) is 0. The van der Waals surface area contributed by atoms with E-state index in [-0.39, 0.29) is 0 Å². The molecule has 0 aromatic heterocycles. The summed E-state index contributed by atoms with van der Waals surface area (Å²) in [5.41, 5.74) is 0.447. The van der Waals surface area contributed by atoms with Gasteiger partial charge in [0.2, 0.25) is 0 Å². The third kappa shape index (κ3) is 5.73. The average Bonchev–Trinajstić information content (AvgIpc) is 2.33. The highest BCUT2D eigenvalue weighted by atomic mass is 15.2. The van der Waals surface area contributed by atoms with Crippen molar-refractivity contribution in [3.8, 4) is 0 Å². The minimum Gasteiger partial charge on any atom is -0.300 e. The van der Waals surface area contributed by atoms with E-state index in [2.05, 4.69) is 32.6 Å². The van der Waals surface area contributed by atoms with Crippen molar-refractivity contribution in [2.24, 2.45) is 5.41 Å². The lowest BCUT2D eigenvalue weighted by Crippen LogP contribution is -2.46. The summed E-state index contributed by atoms with van der Waals surface area (Å²) in [6.45, 7) is 12.3. The Kier molecular flexibility index (Phi) is 7.29. The second kappa shape index (κ2) is 8.19. The van der Waals surface area contributed by atoms with Gasteiger partial charge in [0, 0.05) is 6.04 Å². The number of likely N-dealkylation sites (tertiary alicyclic amines) is 1. The summed E-state index contributed by atoms with van der Waals surface area (Å²) in [6, 6.07) is 0.805. The van der Waals surface area contributed by atoms with Gasteiger partial charge < -0.3 is 0 Å². The lowest BCUT2D eigenvalue weighted by molar-refractivity contribution is 0.0715. The maximum atomic E-state index is 2.78. The van der Waals surface area contributed by atoms with Gasteiger partial charge in [0.15, 0.2) is 0 Å². The summed E-state index contributed by atoms with van der Waals surface area (Å²) in [5.74, 6) is 0. The number of nitrogens with zero attached hydrogens (tertiary/aromatic N) is 1. The molecule has 0 bridgehead atoms. The normalized spacial score (nSPS) is 20.0.